The first-order valence-corrected chi connectivity index (χ1v) is 12.7. The van der Waals surface area contributed by atoms with Crippen molar-refractivity contribution in [3.8, 4) is 11.3 Å². The van der Waals surface area contributed by atoms with E-state index < -0.39 is 10.0 Å². The first kappa shape index (κ1) is 21.6. The third kappa shape index (κ3) is 7.04. The van der Waals surface area contributed by atoms with Crippen molar-refractivity contribution in [2.24, 2.45) is 0 Å². The Morgan fingerprint density at radius 3 is 2.66 bits per heavy atom. The molecule has 152 valence electrons. The van der Waals surface area contributed by atoms with Gasteiger partial charge in [0, 0.05) is 27.4 Å². The average Bonchev–Trinajstić information content (AvgIpc) is 3.09. The number of amides is 1. The van der Waals surface area contributed by atoms with Crippen LogP contribution in [0.3, 0.4) is 0 Å². The Balaban J connectivity index is 1.52. The molecule has 1 aromatic heterocycles. The first-order valence-electron chi connectivity index (χ1n) is 8.44. The molecular formula is C19H18ClN3O3S3. The summed E-state index contributed by atoms with van der Waals surface area (Å²) < 4.78 is 24.9. The van der Waals surface area contributed by atoms with E-state index in [1.54, 1.807) is 24.3 Å². The van der Waals surface area contributed by atoms with Crippen molar-refractivity contribution in [2.45, 2.75) is 5.75 Å². The number of nitrogens with zero attached hydrogens (tertiary/aromatic N) is 1. The molecule has 0 saturated carbocycles. The van der Waals surface area contributed by atoms with Gasteiger partial charge in [0.2, 0.25) is 15.9 Å². The number of carbonyl (C=O) groups is 1. The lowest BCUT2D eigenvalue weighted by Gasteiger charge is -2.04. The number of thiazole rings is 1. The summed E-state index contributed by atoms with van der Waals surface area (Å²) in [7, 11) is -3.31. The molecule has 6 nitrogen and oxygen atoms in total. The molecule has 2 N–H and O–H groups in total. The molecule has 0 unspecified atom stereocenters. The minimum atomic E-state index is -3.31. The lowest BCUT2D eigenvalue weighted by molar-refractivity contribution is -0.113. The lowest BCUT2D eigenvalue weighted by Crippen LogP contribution is -2.13. The number of aromatic nitrogens is 1. The number of hydrogen-bond acceptors (Lipinski definition) is 6. The van der Waals surface area contributed by atoms with Gasteiger partial charge in [-0.25, -0.2) is 13.4 Å². The van der Waals surface area contributed by atoms with E-state index in [1.807, 2.05) is 29.6 Å². The Kier molecular flexibility index (Phi) is 7.18. The van der Waals surface area contributed by atoms with Crippen molar-refractivity contribution in [1.82, 2.24) is 4.98 Å². The van der Waals surface area contributed by atoms with Crippen LogP contribution in [0.2, 0.25) is 5.02 Å². The molecule has 1 amide bonds. The van der Waals surface area contributed by atoms with E-state index in [0.717, 1.165) is 17.4 Å². The predicted octanol–water partition coefficient (Wildman–Crippen LogP) is 4.71. The van der Waals surface area contributed by atoms with Crippen molar-refractivity contribution in [1.29, 1.82) is 0 Å². The molecule has 0 aliphatic carbocycles. The second kappa shape index (κ2) is 9.62. The zero-order valence-corrected chi connectivity index (χ0v) is 18.6. The molecule has 0 saturated heterocycles. The summed E-state index contributed by atoms with van der Waals surface area (Å²) in [6.07, 6.45) is 1.10. The third-order valence-corrected chi connectivity index (χ3v) is 6.23. The maximum absolute atomic E-state index is 12.1. The van der Waals surface area contributed by atoms with E-state index in [-0.39, 0.29) is 5.91 Å². The highest BCUT2D eigenvalue weighted by Crippen LogP contribution is 2.26. The van der Waals surface area contributed by atoms with Gasteiger partial charge in [0.1, 0.15) is 0 Å². The summed E-state index contributed by atoms with van der Waals surface area (Å²) >= 11 is 8.80. The minimum Gasteiger partial charge on any atom is -0.301 e. The number of carbonyl (C=O) groups excluding carboxylic acids is 1. The van der Waals surface area contributed by atoms with Crippen LogP contribution in [-0.4, -0.2) is 31.3 Å². The molecule has 3 aromatic rings. The van der Waals surface area contributed by atoms with Crippen molar-refractivity contribution < 1.29 is 13.2 Å². The van der Waals surface area contributed by atoms with Gasteiger partial charge in [-0.1, -0.05) is 35.9 Å². The van der Waals surface area contributed by atoms with Crippen LogP contribution in [-0.2, 0) is 20.6 Å². The molecule has 0 atom stereocenters. The van der Waals surface area contributed by atoms with Crippen LogP contribution in [0.4, 0.5) is 10.8 Å². The van der Waals surface area contributed by atoms with Gasteiger partial charge in [-0.3, -0.25) is 9.52 Å². The number of hydrogen-bond donors (Lipinski definition) is 2. The molecule has 0 bridgehead atoms. The fourth-order valence-electron chi connectivity index (χ4n) is 2.43. The van der Waals surface area contributed by atoms with Gasteiger partial charge in [-0.15, -0.1) is 23.1 Å². The third-order valence-electron chi connectivity index (χ3n) is 3.63. The van der Waals surface area contributed by atoms with E-state index in [2.05, 4.69) is 15.0 Å². The second-order valence-corrected chi connectivity index (χ2v) is 10.2. The smallest absolute Gasteiger partial charge is 0.236 e. The average molecular weight is 468 g/mol. The van der Waals surface area contributed by atoms with Crippen molar-refractivity contribution in [2.75, 3.05) is 22.0 Å². The number of thioether (sulfide) groups is 1. The van der Waals surface area contributed by atoms with Crippen LogP contribution in [0.5, 0.6) is 0 Å². The minimum absolute atomic E-state index is 0.120. The number of rotatable bonds is 8. The molecule has 0 aliphatic heterocycles. The molecule has 2 aromatic carbocycles. The van der Waals surface area contributed by atoms with Gasteiger partial charge in [0.05, 0.1) is 17.7 Å². The van der Waals surface area contributed by atoms with Gasteiger partial charge in [0.15, 0.2) is 5.13 Å². The van der Waals surface area contributed by atoms with Gasteiger partial charge in [-0.2, -0.15) is 0 Å². The van der Waals surface area contributed by atoms with E-state index in [1.165, 1.54) is 23.1 Å². The number of benzene rings is 2. The Hall–Kier alpha value is -2.07. The zero-order valence-electron chi connectivity index (χ0n) is 15.4. The van der Waals surface area contributed by atoms with Crippen LogP contribution in [0.15, 0.2) is 53.9 Å². The van der Waals surface area contributed by atoms with Gasteiger partial charge >= 0.3 is 0 Å². The van der Waals surface area contributed by atoms with Crippen LogP contribution >= 0.6 is 34.7 Å². The summed E-state index contributed by atoms with van der Waals surface area (Å²) in [4.78, 5) is 16.6. The number of halogens is 1. The molecule has 1 heterocycles. The fraction of sp³-hybridized carbons (Fsp3) is 0.158. The van der Waals surface area contributed by atoms with E-state index in [4.69, 9.17) is 11.6 Å². The summed E-state index contributed by atoms with van der Waals surface area (Å²) in [6.45, 7) is 0. The molecule has 0 radical (unpaired) electrons. The highest BCUT2D eigenvalue weighted by molar-refractivity contribution is 7.99. The zero-order chi connectivity index (χ0) is 20.9. The largest absolute Gasteiger partial charge is 0.301 e. The first-order chi connectivity index (χ1) is 13.8. The molecule has 3 rings (SSSR count). The quantitative estimate of drug-likeness (QED) is 0.501. The lowest BCUT2D eigenvalue weighted by atomic mass is 10.1. The number of sulfonamides is 1. The molecule has 0 aliphatic rings. The second-order valence-electron chi connectivity index (χ2n) is 6.16. The van der Waals surface area contributed by atoms with Crippen LogP contribution in [0.1, 0.15) is 5.56 Å². The number of anilines is 2. The Labute approximate surface area is 182 Å². The van der Waals surface area contributed by atoms with Gasteiger partial charge in [-0.05, 0) is 29.8 Å². The van der Waals surface area contributed by atoms with Crippen LogP contribution in [0, 0.1) is 0 Å². The van der Waals surface area contributed by atoms with Gasteiger partial charge in [0.25, 0.3) is 0 Å². The molecule has 10 heteroatoms. The summed E-state index contributed by atoms with van der Waals surface area (Å²) in [5.41, 5.74) is 3.09. The Bertz CT molecular complexity index is 1100. The maximum atomic E-state index is 12.1. The highest BCUT2D eigenvalue weighted by atomic mass is 35.5. The van der Waals surface area contributed by atoms with E-state index >= 15 is 0 Å². The van der Waals surface area contributed by atoms with E-state index in [0.29, 0.717) is 33.0 Å². The predicted molar refractivity (Wildman–Crippen MR) is 122 cm³/mol. The van der Waals surface area contributed by atoms with Gasteiger partial charge < -0.3 is 5.32 Å². The summed E-state index contributed by atoms with van der Waals surface area (Å²) in [5, 5.41) is 5.85. The normalized spacial score (nSPS) is 11.2. The van der Waals surface area contributed by atoms with Crippen molar-refractivity contribution in [3.05, 3.63) is 64.5 Å². The molecule has 29 heavy (non-hydrogen) atoms. The molecular weight excluding hydrogens is 450 g/mol. The maximum Gasteiger partial charge on any atom is 0.236 e. The Morgan fingerprint density at radius 1 is 1.21 bits per heavy atom. The fourth-order valence-corrected chi connectivity index (χ4v) is 4.72. The van der Waals surface area contributed by atoms with Crippen LogP contribution in [0.25, 0.3) is 11.3 Å². The monoisotopic (exact) mass is 467 g/mol. The number of nitrogens with one attached hydrogen (secondary N) is 2. The summed E-state index contributed by atoms with van der Waals surface area (Å²) in [6, 6.07) is 14.4. The SMILES string of the molecule is CS(=O)(=O)Nc1ccc(-c2csc(NC(=O)CSCc3cccc(Cl)c3)n2)cc1. The Morgan fingerprint density at radius 2 is 1.97 bits per heavy atom. The molecule has 0 spiro atoms. The summed E-state index contributed by atoms with van der Waals surface area (Å²) in [5.74, 6) is 0.892. The van der Waals surface area contributed by atoms with Crippen molar-refractivity contribution in [3.63, 3.8) is 0 Å². The molecule has 0 fully saturated rings. The van der Waals surface area contributed by atoms with E-state index in [9.17, 15) is 13.2 Å². The highest BCUT2D eigenvalue weighted by Gasteiger charge is 2.09. The van der Waals surface area contributed by atoms with Crippen LogP contribution < -0.4 is 10.0 Å². The van der Waals surface area contributed by atoms with Crippen molar-refractivity contribution >= 4 is 61.4 Å². The topological polar surface area (TPSA) is 88.2 Å². The standard InChI is InChI=1S/C19H18ClN3O3S3/c1-29(25,26)23-16-7-5-14(6-8-16)17-11-28-19(21-17)22-18(24)12-27-10-13-3-2-4-15(20)9-13/h2-9,11,23H,10,12H2,1H3,(H,21,22,24).